The van der Waals surface area contributed by atoms with Crippen molar-refractivity contribution in [3.63, 3.8) is 0 Å². The first-order chi connectivity index (χ1) is 4.20. The van der Waals surface area contributed by atoms with E-state index in [2.05, 4.69) is 10.3 Å². The van der Waals surface area contributed by atoms with Crippen LogP contribution in [-0.4, -0.2) is 32.2 Å². The third-order valence-corrected chi connectivity index (χ3v) is 0.885. The second kappa shape index (κ2) is 2.16. The number of nitrogens with zero attached hydrogens (tertiary/aromatic N) is 3. The number of aromatic nitrogens is 3. The van der Waals surface area contributed by atoms with Crippen LogP contribution in [0.3, 0.4) is 0 Å². The minimum Gasteiger partial charge on any atom is -0.422 e. The van der Waals surface area contributed by atoms with E-state index >= 15 is 0 Å². The van der Waals surface area contributed by atoms with Gasteiger partial charge in [0.05, 0.1) is 0 Å². The average Bonchev–Trinajstić information content (AvgIpc) is 2.14. The third kappa shape index (κ3) is 1.27. The van der Waals surface area contributed by atoms with Crippen molar-refractivity contribution >= 4 is 12.7 Å². The summed E-state index contributed by atoms with van der Waals surface area (Å²) in [6, 6.07) is 0. The molecule has 0 atom stereocenters. The predicted octanol–water partition coefficient (Wildman–Crippen LogP) is -2.51. The molecular formula is C3H6BN3O2. The Balaban J connectivity index is 2.85. The lowest BCUT2D eigenvalue weighted by Crippen LogP contribution is -2.30. The summed E-state index contributed by atoms with van der Waals surface area (Å²) in [6.07, 6.45) is 1.44. The zero-order valence-electron chi connectivity index (χ0n) is 4.89. The Morgan fingerprint density at radius 3 is 2.56 bits per heavy atom. The highest BCUT2D eigenvalue weighted by Crippen LogP contribution is 1.71. The Labute approximate surface area is 52.1 Å². The van der Waals surface area contributed by atoms with E-state index in [1.165, 1.54) is 10.9 Å². The van der Waals surface area contributed by atoms with Gasteiger partial charge in [-0.05, 0) is 0 Å². The highest BCUT2D eigenvalue weighted by molar-refractivity contribution is 6.57. The van der Waals surface area contributed by atoms with Gasteiger partial charge in [0.2, 0.25) is 0 Å². The molecule has 0 fully saturated rings. The van der Waals surface area contributed by atoms with Gasteiger partial charge in [-0.1, -0.05) is 5.21 Å². The van der Waals surface area contributed by atoms with Crippen molar-refractivity contribution < 1.29 is 10.0 Å². The number of hydrogen-bond acceptors (Lipinski definition) is 4. The van der Waals surface area contributed by atoms with Crippen molar-refractivity contribution in [2.75, 3.05) is 0 Å². The summed E-state index contributed by atoms with van der Waals surface area (Å²) in [6.45, 7) is 0. The maximum absolute atomic E-state index is 8.48. The van der Waals surface area contributed by atoms with Crippen molar-refractivity contribution in [3.8, 4) is 0 Å². The van der Waals surface area contributed by atoms with Gasteiger partial charge in [0, 0.05) is 13.2 Å². The normalized spacial score (nSPS) is 9.67. The van der Waals surface area contributed by atoms with Crippen molar-refractivity contribution in [2.24, 2.45) is 7.05 Å². The smallest absolute Gasteiger partial charge is 0.422 e. The van der Waals surface area contributed by atoms with Gasteiger partial charge < -0.3 is 10.0 Å². The molecule has 0 aliphatic rings. The van der Waals surface area contributed by atoms with Crippen molar-refractivity contribution in [1.82, 2.24) is 15.0 Å². The molecule has 0 aromatic carbocycles. The molecule has 1 aromatic heterocycles. The molecule has 0 spiro atoms. The van der Waals surface area contributed by atoms with Gasteiger partial charge in [-0.15, -0.1) is 5.10 Å². The largest absolute Gasteiger partial charge is 0.511 e. The zero-order chi connectivity index (χ0) is 6.85. The van der Waals surface area contributed by atoms with Crippen molar-refractivity contribution in [3.05, 3.63) is 6.20 Å². The second-order valence-electron chi connectivity index (χ2n) is 1.69. The van der Waals surface area contributed by atoms with E-state index in [-0.39, 0.29) is 5.59 Å². The fraction of sp³-hybridized carbons (Fsp3) is 0.333. The van der Waals surface area contributed by atoms with Crippen LogP contribution in [0, 0.1) is 0 Å². The standard InChI is InChI=1S/C3H6BN3O2/c1-7-2-3(4(8)9)5-6-7/h2,8-9H,1H3. The van der Waals surface area contributed by atoms with E-state index < -0.39 is 7.12 Å². The third-order valence-electron chi connectivity index (χ3n) is 0.885. The summed E-state index contributed by atoms with van der Waals surface area (Å²) < 4.78 is 1.40. The molecular weight excluding hydrogens is 121 g/mol. The summed E-state index contributed by atoms with van der Waals surface area (Å²) in [5.74, 6) is 0. The molecule has 0 aliphatic heterocycles. The first-order valence-electron chi connectivity index (χ1n) is 2.42. The molecule has 1 heterocycles. The van der Waals surface area contributed by atoms with Crippen molar-refractivity contribution in [1.29, 1.82) is 0 Å². The Morgan fingerprint density at radius 2 is 2.33 bits per heavy atom. The predicted molar refractivity (Wildman–Crippen MR) is 30.8 cm³/mol. The minimum absolute atomic E-state index is 0.164. The lowest BCUT2D eigenvalue weighted by molar-refractivity contribution is 0.424. The van der Waals surface area contributed by atoms with Gasteiger partial charge in [-0.2, -0.15) is 0 Å². The molecule has 9 heavy (non-hydrogen) atoms. The molecule has 2 N–H and O–H groups in total. The lowest BCUT2D eigenvalue weighted by Gasteiger charge is -1.85. The van der Waals surface area contributed by atoms with Crippen LogP contribution in [0.5, 0.6) is 0 Å². The molecule has 0 saturated heterocycles. The fourth-order valence-electron chi connectivity index (χ4n) is 0.484. The van der Waals surface area contributed by atoms with Gasteiger partial charge in [0.25, 0.3) is 0 Å². The monoisotopic (exact) mass is 127 g/mol. The molecule has 5 nitrogen and oxygen atoms in total. The Kier molecular flexibility index (Phi) is 1.50. The van der Waals surface area contributed by atoms with Crippen LogP contribution in [-0.2, 0) is 7.05 Å². The maximum Gasteiger partial charge on any atom is 0.511 e. The quantitative estimate of drug-likeness (QED) is 0.409. The van der Waals surface area contributed by atoms with E-state index in [1.807, 2.05) is 0 Å². The number of rotatable bonds is 1. The van der Waals surface area contributed by atoms with Crippen LogP contribution in [0.2, 0.25) is 0 Å². The molecule has 1 rings (SSSR count). The SMILES string of the molecule is Cn1cc(B(O)O)nn1. The first kappa shape index (κ1) is 6.25. The van der Waals surface area contributed by atoms with Crippen molar-refractivity contribution in [2.45, 2.75) is 0 Å². The van der Waals surface area contributed by atoms with Gasteiger partial charge in [-0.25, -0.2) is 0 Å². The highest BCUT2D eigenvalue weighted by atomic mass is 16.4. The van der Waals surface area contributed by atoms with Crippen LogP contribution in [0.25, 0.3) is 0 Å². The molecule has 0 bridgehead atoms. The summed E-state index contributed by atoms with van der Waals surface area (Å²) in [5.41, 5.74) is 0.164. The van der Waals surface area contributed by atoms with Crippen LogP contribution < -0.4 is 5.59 Å². The fourth-order valence-corrected chi connectivity index (χ4v) is 0.484. The van der Waals surface area contributed by atoms with E-state index in [0.717, 1.165) is 0 Å². The van der Waals surface area contributed by atoms with Crippen LogP contribution in [0.15, 0.2) is 6.20 Å². The molecule has 0 amide bonds. The summed E-state index contributed by atoms with van der Waals surface area (Å²) in [7, 11) is 0.137. The summed E-state index contributed by atoms with van der Waals surface area (Å²) >= 11 is 0. The van der Waals surface area contributed by atoms with E-state index in [1.54, 1.807) is 7.05 Å². The van der Waals surface area contributed by atoms with E-state index in [9.17, 15) is 0 Å². The minimum atomic E-state index is -1.52. The molecule has 0 radical (unpaired) electrons. The lowest BCUT2D eigenvalue weighted by atomic mass is 9.87. The Bertz CT molecular complexity index is 199. The van der Waals surface area contributed by atoms with Crippen LogP contribution >= 0.6 is 0 Å². The number of aryl methyl sites for hydroxylation is 1. The number of hydrogen-bond donors (Lipinski definition) is 2. The van der Waals surface area contributed by atoms with Gasteiger partial charge in [0.15, 0.2) is 0 Å². The second-order valence-corrected chi connectivity index (χ2v) is 1.69. The molecule has 48 valence electrons. The van der Waals surface area contributed by atoms with Gasteiger partial charge in [0.1, 0.15) is 5.59 Å². The Hall–Kier alpha value is -0.875. The van der Waals surface area contributed by atoms with Gasteiger partial charge >= 0.3 is 7.12 Å². The average molecular weight is 127 g/mol. The van der Waals surface area contributed by atoms with E-state index in [4.69, 9.17) is 10.0 Å². The Morgan fingerprint density at radius 1 is 1.67 bits per heavy atom. The zero-order valence-corrected chi connectivity index (χ0v) is 4.89. The molecule has 0 saturated carbocycles. The summed E-state index contributed by atoms with van der Waals surface area (Å²) in [4.78, 5) is 0. The molecule has 6 heteroatoms. The highest BCUT2D eigenvalue weighted by Gasteiger charge is 2.13. The van der Waals surface area contributed by atoms with E-state index in [0.29, 0.717) is 0 Å². The topological polar surface area (TPSA) is 71.2 Å². The molecule has 0 aliphatic carbocycles. The van der Waals surface area contributed by atoms with Crippen LogP contribution in [0.1, 0.15) is 0 Å². The summed E-state index contributed by atoms with van der Waals surface area (Å²) in [5, 5.41) is 23.9. The molecule has 1 aromatic rings. The van der Waals surface area contributed by atoms with Gasteiger partial charge in [-0.3, -0.25) is 4.68 Å². The molecule has 0 unspecified atom stereocenters. The maximum atomic E-state index is 8.48. The van der Waals surface area contributed by atoms with Crippen LogP contribution in [0.4, 0.5) is 0 Å². The first-order valence-corrected chi connectivity index (χ1v) is 2.42.